The van der Waals surface area contributed by atoms with Gasteiger partial charge >= 0.3 is 0 Å². The number of nitrogens with zero attached hydrogens (tertiary/aromatic N) is 3. The smallest absolute Gasteiger partial charge is 0.234 e. The van der Waals surface area contributed by atoms with Crippen LogP contribution in [0.1, 0.15) is 11.6 Å². The standard InChI is InChI=1S/C7H13N5O/c1-4-10-6(12(2)11-4)3-5(8)7(9)13/h5H,3,8H2,1-2H3,(H2,9,13). The monoisotopic (exact) mass is 183 g/mol. The first-order chi connectivity index (χ1) is 6.00. The number of aryl methyl sites for hydroxylation is 2. The molecule has 0 aromatic carbocycles. The van der Waals surface area contributed by atoms with Gasteiger partial charge in [0.25, 0.3) is 0 Å². The predicted octanol–water partition coefficient (Wildman–Crippen LogP) is -1.52. The quantitative estimate of drug-likeness (QED) is 0.594. The molecule has 6 heteroatoms. The van der Waals surface area contributed by atoms with E-state index >= 15 is 0 Å². The average Bonchev–Trinajstić information content (AvgIpc) is 2.30. The zero-order valence-electron chi connectivity index (χ0n) is 7.69. The molecule has 1 amide bonds. The molecule has 1 rings (SSSR count). The highest BCUT2D eigenvalue weighted by Crippen LogP contribution is 1.98. The van der Waals surface area contributed by atoms with Crippen molar-refractivity contribution >= 4 is 5.91 Å². The van der Waals surface area contributed by atoms with E-state index in [1.807, 2.05) is 0 Å². The van der Waals surface area contributed by atoms with Crippen LogP contribution >= 0.6 is 0 Å². The van der Waals surface area contributed by atoms with E-state index < -0.39 is 11.9 Å². The van der Waals surface area contributed by atoms with E-state index in [1.165, 1.54) is 0 Å². The van der Waals surface area contributed by atoms with Gasteiger partial charge in [0.2, 0.25) is 5.91 Å². The lowest BCUT2D eigenvalue weighted by Gasteiger charge is -2.05. The molecule has 0 saturated heterocycles. The van der Waals surface area contributed by atoms with E-state index in [9.17, 15) is 4.79 Å². The fraction of sp³-hybridized carbons (Fsp3) is 0.571. The number of hydrogen-bond donors (Lipinski definition) is 2. The van der Waals surface area contributed by atoms with Crippen LogP contribution in [0, 0.1) is 6.92 Å². The molecule has 1 atom stereocenters. The molecular formula is C7H13N5O. The van der Waals surface area contributed by atoms with Crippen molar-refractivity contribution in [3.05, 3.63) is 11.6 Å². The average molecular weight is 183 g/mol. The minimum absolute atomic E-state index is 0.326. The van der Waals surface area contributed by atoms with Crippen molar-refractivity contribution < 1.29 is 4.79 Å². The van der Waals surface area contributed by atoms with Crippen molar-refractivity contribution in [2.75, 3.05) is 0 Å². The Labute approximate surface area is 75.9 Å². The van der Waals surface area contributed by atoms with Crippen molar-refractivity contribution in [3.63, 3.8) is 0 Å². The summed E-state index contributed by atoms with van der Waals surface area (Å²) in [6.45, 7) is 1.78. The Bertz CT molecular complexity index is 319. The number of rotatable bonds is 3. The fourth-order valence-electron chi connectivity index (χ4n) is 1.03. The van der Waals surface area contributed by atoms with Crippen LogP contribution in [0.5, 0.6) is 0 Å². The van der Waals surface area contributed by atoms with E-state index in [0.717, 1.165) is 0 Å². The minimum atomic E-state index is -0.692. The van der Waals surface area contributed by atoms with Crippen LogP contribution in [0.15, 0.2) is 0 Å². The maximum atomic E-state index is 10.7. The maximum absolute atomic E-state index is 10.7. The van der Waals surface area contributed by atoms with Crippen LogP contribution in [-0.2, 0) is 18.3 Å². The molecule has 0 fully saturated rings. The van der Waals surface area contributed by atoms with Gasteiger partial charge in [0.1, 0.15) is 11.6 Å². The van der Waals surface area contributed by atoms with Gasteiger partial charge in [0.05, 0.1) is 6.04 Å². The molecule has 1 heterocycles. The minimum Gasteiger partial charge on any atom is -0.368 e. The highest BCUT2D eigenvalue weighted by Gasteiger charge is 2.13. The topological polar surface area (TPSA) is 99.8 Å². The predicted molar refractivity (Wildman–Crippen MR) is 46.6 cm³/mol. The van der Waals surface area contributed by atoms with Crippen molar-refractivity contribution in [3.8, 4) is 0 Å². The summed E-state index contributed by atoms with van der Waals surface area (Å²) in [5, 5.41) is 4.02. The molecule has 0 radical (unpaired) electrons. The van der Waals surface area contributed by atoms with Crippen molar-refractivity contribution in [1.82, 2.24) is 14.8 Å². The molecule has 0 aliphatic carbocycles. The van der Waals surface area contributed by atoms with Gasteiger partial charge in [-0.1, -0.05) is 0 Å². The summed E-state index contributed by atoms with van der Waals surface area (Å²) in [6.07, 6.45) is 0.326. The molecule has 4 N–H and O–H groups in total. The summed E-state index contributed by atoms with van der Waals surface area (Å²) in [5.74, 6) is 0.804. The molecular weight excluding hydrogens is 170 g/mol. The van der Waals surface area contributed by atoms with Crippen LogP contribution in [-0.4, -0.2) is 26.7 Å². The van der Waals surface area contributed by atoms with Gasteiger partial charge in [0.15, 0.2) is 0 Å². The van der Waals surface area contributed by atoms with Gasteiger partial charge in [-0.25, -0.2) is 4.98 Å². The Morgan fingerprint density at radius 3 is 2.69 bits per heavy atom. The van der Waals surface area contributed by atoms with E-state index in [1.54, 1.807) is 18.7 Å². The third-order valence-corrected chi connectivity index (χ3v) is 1.73. The van der Waals surface area contributed by atoms with E-state index in [4.69, 9.17) is 11.5 Å². The largest absolute Gasteiger partial charge is 0.368 e. The molecule has 1 aromatic rings. The molecule has 6 nitrogen and oxygen atoms in total. The zero-order valence-corrected chi connectivity index (χ0v) is 7.69. The Morgan fingerprint density at radius 2 is 2.31 bits per heavy atom. The SMILES string of the molecule is Cc1nc(CC(N)C(N)=O)n(C)n1. The number of carbonyl (C=O) groups excluding carboxylic acids is 1. The van der Waals surface area contributed by atoms with Crippen LogP contribution in [0.25, 0.3) is 0 Å². The maximum Gasteiger partial charge on any atom is 0.234 e. The first kappa shape index (κ1) is 9.66. The summed E-state index contributed by atoms with van der Waals surface area (Å²) in [6, 6.07) is -0.692. The van der Waals surface area contributed by atoms with Crippen LogP contribution in [0.4, 0.5) is 0 Å². The van der Waals surface area contributed by atoms with Crippen LogP contribution < -0.4 is 11.5 Å². The van der Waals surface area contributed by atoms with E-state index in [-0.39, 0.29) is 0 Å². The summed E-state index contributed by atoms with van der Waals surface area (Å²) in [5.41, 5.74) is 10.5. The van der Waals surface area contributed by atoms with Crippen molar-refractivity contribution in [2.24, 2.45) is 18.5 Å². The first-order valence-corrected chi connectivity index (χ1v) is 3.92. The first-order valence-electron chi connectivity index (χ1n) is 3.92. The molecule has 72 valence electrons. The van der Waals surface area contributed by atoms with Gasteiger partial charge in [-0.3, -0.25) is 9.48 Å². The molecule has 1 unspecified atom stereocenters. The van der Waals surface area contributed by atoms with Gasteiger partial charge in [0, 0.05) is 13.5 Å². The Kier molecular flexibility index (Phi) is 2.62. The molecule has 0 aliphatic heterocycles. The molecule has 1 aromatic heterocycles. The van der Waals surface area contributed by atoms with Gasteiger partial charge in [-0.05, 0) is 6.92 Å². The summed E-state index contributed by atoms with van der Waals surface area (Å²) in [4.78, 5) is 14.8. The zero-order chi connectivity index (χ0) is 10.0. The molecule has 0 aliphatic rings. The Morgan fingerprint density at radius 1 is 1.69 bits per heavy atom. The normalized spacial score (nSPS) is 12.8. The lowest BCUT2D eigenvalue weighted by atomic mass is 10.2. The number of primary amides is 1. The second-order valence-electron chi connectivity index (χ2n) is 2.91. The summed E-state index contributed by atoms with van der Waals surface area (Å²) < 4.78 is 1.60. The molecule has 13 heavy (non-hydrogen) atoms. The molecule has 0 bridgehead atoms. The lowest BCUT2D eigenvalue weighted by Crippen LogP contribution is -2.38. The van der Waals surface area contributed by atoms with Crippen molar-refractivity contribution in [1.29, 1.82) is 0 Å². The van der Waals surface area contributed by atoms with E-state index in [0.29, 0.717) is 18.1 Å². The highest BCUT2D eigenvalue weighted by atomic mass is 16.1. The van der Waals surface area contributed by atoms with Crippen molar-refractivity contribution in [2.45, 2.75) is 19.4 Å². The number of amides is 1. The number of hydrogen-bond acceptors (Lipinski definition) is 4. The number of aromatic nitrogens is 3. The summed E-state index contributed by atoms with van der Waals surface area (Å²) >= 11 is 0. The number of nitrogens with two attached hydrogens (primary N) is 2. The fourth-order valence-corrected chi connectivity index (χ4v) is 1.03. The number of carbonyl (C=O) groups is 1. The lowest BCUT2D eigenvalue weighted by molar-refractivity contribution is -0.119. The Balaban J connectivity index is 2.74. The van der Waals surface area contributed by atoms with Gasteiger partial charge in [-0.2, -0.15) is 5.10 Å². The molecule has 0 spiro atoms. The highest BCUT2D eigenvalue weighted by molar-refractivity contribution is 5.79. The Hall–Kier alpha value is -1.43. The third kappa shape index (κ3) is 2.25. The molecule has 0 saturated carbocycles. The third-order valence-electron chi connectivity index (χ3n) is 1.73. The van der Waals surface area contributed by atoms with Gasteiger partial charge in [-0.15, -0.1) is 0 Å². The van der Waals surface area contributed by atoms with E-state index in [2.05, 4.69) is 10.1 Å². The second-order valence-corrected chi connectivity index (χ2v) is 2.91. The second kappa shape index (κ2) is 3.53. The summed E-state index contributed by atoms with van der Waals surface area (Å²) in [7, 11) is 1.75. The van der Waals surface area contributed by atoms with Crippen LogP contribution in [0.3, 0.4) is 0 Å². The van der Waals surface area contributed by atoms with Gasteiger partial charge < -0.3 is 11.5 Å². The van der Waals surface area contributed by atoms with Crippen LogP contribution in [0.2, 0.25) is 0 Å².